The molecule has 0 aliphatic carbocycles. The van der Waals surface area contributed by atoms with E-state index in [1.165, 1.54) is 12.1 Å². The number of hydrogen-bond donors (Lipinski definition) is 2. The molecule has 1 fully saturated rings. The van der Waals surface area contributed by atoms with Gasteiger partial charge in [-0.15, -0.1) is 0 Å². The average molecular weight is 298 g/mol. The van der Waals surface area contributed by atoms with Crippen molar-refractivity contribution in [3.05, 3.63) is 35.4 Å². The second-order valence-corrected chi connectivity index (χ2v) is 5.45. The van der Waals surface area contributed by atoms with Crippen LogP contribution in [0.25, 0.3) is 0 Å². The number of carbonyl (C=O) groups excluding carboxylic acids is 1. The number of amides is 2. The maximum atomic E-state index is 13.4. The molecule has 0 saturated carbocycles. The van der Waals surface area contributed by atoms with Gasteiger partial charge in [-0.2, -0.15) is 0 Å². The highest BCUT2D eigenvalue weighted by Crippen LogP contribution is 2.19. The Bertz CT molecular complexity index is 508. The first kappa shape index (κ1) is 15.7. The molecule has 2 N–H and O–H groups in total. The van der Waals surface area contributed by atoms with Crippen molar-refractivity contribution in [1.29, 1.82) is 0 Å². The van der Waals surface area contributed by atoms with E-state index < -0.39 is 17.7 Å². The molecule has 116 valence electrons. The van der Waals surface area contributed by atoms with Crippen molar-refractivity contribution in [3.63, 3.8) is 0 Å². The Kier molecular flexibility index (Phi) is 5.12. The number of nitrogens with one attached hydrogen (secondary N) is 1. The monoisotopic (exact) mass is 298 g/mol. The second-order valence-electron chi connectivity index (χ2n) is 5.45. The van der Waals surface area contributed by atoms with Crippen LogP contribution in [0.5, 0.6) is 0 Å². The summed E-state index contributed by atoms with van der Waals surface area (Å²) in [4.78, 5) is 13.6. The number of urea groups is 1. The average Bonchev–Trinajstić information content (AvgIpc) is 2.91. The summed E-state index contributed by atoms with van der Waals surface area (Å²) in [5.74, 6) is -1.09. The normalized spacial score (nSPS) is 19.6. The van der Waals surface area contributed by atoms with Gasteiger partial charge in [-0.05, 0) is 31.4 Å². The SMILES string of the molecule is C[C@H](O)[C@H]1CCN(C(=O)NCCc2ccc(F)cc2F)C1. The van der Waals surface area contributed by atoms with Crippen LogP contribution in [0.1, 0.15) is 18.9 Å². The van der Waals surface area contributed by atoms with Gasteiger partial charge >= 0.3 is 6.03 Å². The molecule has 6 heteroatoms. The molecule has 1 saturated heterocycles. The summed E-state index contributed by atoms with van der Waals surface area (Å²) < 4.78 is 26.2. The predicted octanol–water partition coefficient (Wildman–Crippen LogP) is 1.92. The Labute approximate surface area is 122 Å². The lowest BCUT2D eigenvalue weighted by molar-refractivity contribution is 0.129. The minimum Gasteiger partial charge on any atom is -0.393 e. The van der Waals surface area contributed by atoms with Crippen LogP contribution in [0.2, 0.25) is 0 Å². The van der Waals surface area contributed by atoms with E-state index in [0.717, 1.165) is 12.5 Å². The van der Waals surface area contributed by atoms with Crippen molar-refractivity contribution in [2.45, 2.75) is 25.9 Å². The van der Waals surface area contributed by atoms with Crippen molar-refractivity contribution in [3.8, 4) is 0 Å². The standard InChI is InChI=1S/C15H20F2N2O2/c1-10(20)12-5-7-19(9-12)15(21)18-6-4-11-2-3-13(16)8-14(11)17/h2-3,8,10,12,20H,4-7,9H2,1H3,(H,18,21)/t10-,12-/m0/s1. The number of hydrogen-bond acceptors (Lipinski definition) is 2. The fraction of sp³-hybridized carbons (Fsp3) is 0.533. The molecule has 1 aromatic rings. The van der Waals surface area contributed by atoms with Crippen molar-refractivity contribution >= 4 is 6.03 Å². The molecule has 0 unspecified atom stereocenters. The molecule has 1 aliphatic heterocycles. The molecule has 1 aromatic carbocycles. The van der Waals surface area contributed by atoms with Gasteiger partial charge in [0.25, 0.3) is 0 Å². The van der Waals surface area contributed by atoms with E-state index in [-0.39, 0.29) is 18.5 Å². The zero-order chi connectivity index (χ0) is 15.4. The molecule has 2 rings (SSSR count). The van der Waals surface area contributed by atoms with Crippen molar-refractivity contribution < 1.29 is 18.7 Å². The van der Waals surface area contributed by atoms with Crippen LogP contribution in [-0.2, 0) is 6.42 Å². The third-order valence-corrected chi connectivity index (χ3v) is 3.88. The van der Waals surface area contributed by atoms with Crippen LogP contribution in [0.4, 0.5) is 13.6 Å². The Morgan fingerprint density at radius 3 is 2.90 bits per heavy atom. The van der Waals surface area contributed by atoms with E-state index in [0.29, 0.717) is 25.1 Å². The number of benzene rings is 1. The van der Waals surface area contributed by atoms with Crippen LogP contribution in [0, 0.1) is 17.6 Å². The Balaban J connectivity index is 1.77. The van der Waals surface area contributed by atoms with E-state index in [9.17, 15) is 18.7 Å². The number of nitrogens with zero attached hydrogens (tertiary/aromatic N) is 1. The van der Waals surface area contributed by atoms with Gasteiger partial charge in [0.05, 0.1) is 6.10 Å². The number of halogens is 2. The molecule has 0 spiro atoms. The van der Waals surface area contributed by atoms with Gasteiger partial charge in [0.2, 0.25) is 0 Å². The minimum absolute atomic E-state index is 0.116. The first-order valence-electron chi connectivity index (χ1n) is 7.12. The number of rotatable bonds is 4. The summed E-state index contributed by atoms with van der Waals surface area (Å²) in [6, 6.07) is 3.22. The maximum absolute atomic E-state index is 13.4. The third-order valence-electron chi connectivity index (χ3n) is 3.88. The van der Waals surface area contributed by atoms with Gasteiger partial charge < -0.3 is 15.3 Å². The molecule has 0 aromatic heterocycles. The zero-order valence-corrected chi connectivity index (χ0v) is 12.0. The molecule has 2 atom stereocenters. The van der Waals surface area contributed by atoms with Crippen LogP contribution >= 0.6 is 0 Å². The minimum atomic E-state index is -0.610. The highest BCUT2D eigenvalue weighted by Gasteiger charge is 2.28. The van der Waals surface area contributed by atoms with Gasteiger partial charge in [0.15, 0.2) is 0 Å². The summed E-state index contributed by atoms with van der Waals surface area (Å²) >= 11 is 0. The summed E-state index contributed by atoms with van der Waals surface area (Å²) in [5, 5.41) is 12.2. The van der Waals surface area contributed by atoms with Gasteiger partial charge in [-0.3, -0.25) is 0 Å². The van der Waals surface area contributed by atoms with Crippen LogP contribution in [0.15, 0.2) is 18.2 Å². The van der Waals surface area contributed by atoms with Crippen molar-refractivity contribution in [1.82, 2.24) is 10.2 Å². The lowest BCUT2D eigenvalue weighted by Gasteiger charge is -2.18. The summed E-state index contributed by atoms with van der Waals surface area (Å²) in [7, 11) is 0. The maximum Gasteiger partial charge on any atom is 0.317 e. The van der Waals surface area contributed by atoms with E-state index in [1.54, 1.807) is 11.8 Å². The van der Waals surface area contributed by atoms with Crippen molar-refractivity contribution in [2.75, 3.05) is 19.6 Å². The smallest absolute Gasteiger partial charge is 0.317 e. The number of carbonyl (C=O) groups is 1. The molecule has 1 heterocycles. The molecule has 21 heavy (non-hydrogen) atoms. The highest BCUT2D eigenvalue weighted by molar-refractivity contribution is 5.74. The Morgan fingerprint density at radius 1 is 1.52 bits per heavy atom. The van der Waals surface area contributed by atoms with Crippen LogP contribution in [0.3, 0.4) is 0 Å². The Morgan fingerprint density at radius 2 is 2.29 bits per heavy atom. The quantitative estimate of drug-likeness (QED) is 0.892. The summed E-state index contributed by atoms with van der Waals surface area (Å²) in [6.07, 6.45) is 0.680. The van der Waals surface area contributed by atoms with E-state index in [2.05, 4.69) is 5.32 Å². The number of likely N-dealkylation sites (tertiary alicyclic amines) is 1. The largest absolute Gasteiger partial charge is 0.393 e. The Hall–Kier alpha value is -1.69. The summed E-state index contributed by atoms with van der Waals surface area (Å²) in [6.45, 7) is 3.17. The number of aliphatic hydroxyl groups is 1. The van der Waals surface area contributed by atoms with Crippen LogP contribution in [-0.4, -0.2) is 41.8 Å². The zero-order valence-electron chi connectivity index (χ0n) is 12.0. The number of aliphatic hydroxyl groups excluding tert-OH is 1. The van der Waals surface area contributed by atoms with Crippen molar-refractivity contribution in [2.24, 2.45) is 5.92 Å². The van der Waals surface area contributed by atoms with Gasteiger partial charge in [-0.25, -0.2) is 13.6 Å². The highest BCUT2D eigenvalue weighted by atomic mass is 19.1. The van der Waals surface area contributed by atoms with E-state index in [1.807, 2.05) is 0 Å². The van der Waals surface area contributed by atoms with Gasteiger partial charge in [-0.1, -0.05) is 6.07 Å². The molecule has 0 radical (unpaired) electrons. The molecule has 2 amide bonds. The molecular formula is C15H20F2N2O2. The fourth-order valence-electron chi connectivity index (χ4n) is 2.51. The van der Waals surface area contributed by atoms with Gasteiger partial charge in [0.1, 0.15) is 11.6 Å². The third kappa shape index (κ3) is 4.14. The van der Waals surface area contributed by atoms with Crippen LogP contribution < -0.4 is 5.32 Å². The topological polar surface area (TPSA) is 52.6 Å². The first-order chi connectivity index (χ1) is 9.97. The van der Waals surface area contributed by atoms with E-state index >= 15 is 0 Å². The predicted molar refractivity (Wildman–Crippen MR) is 74.8 cm³/mol. The lowest BCUT2D eigenvalue weighted by atomic mass is 10.0. The first-order valence-corrected chi connectivity index (χ1v) is 7.12. The lowest BCUT2D eigenvalue weighted by Crippen LogP contribution is -2.40. The molecule has 1 aliphatic rings. The summed E-state index contributed by atoms with van der Waals surface area (Å²) in [5.41, 5.74) is 0.375. The molecule has 4 nitrogen and oxygen atoms in total. The van der Waals surface area contributed by atoms with E-state index in [4.69, 9.17) is 0 Å². The molecular weight excluding hydrogens is 278 g/mol. The molecule has 0 bridgehead atoms. The fourth-order valence-corrected chi connectivity index (χ4v) is 2.51. The second kappa shape index (κ2) is 6.85. The van der Waals surface area contributed by atoms with Gasteiger partial charge in [0, 0.05) is 31.6 Å².